The zero-order valence-electron chi connectivity index (χ0n) is 9.90. The summed E-state index contributed by atoms with van der Waals surface area (Å²) in [5.74, 6) is -0.978. The van der Waals surface area contributed by atoms with E-state index >= 15 is 0 Å². The molecule has 1 fully saturated rings. The number of rotatable bonds is 3. The van der Waals surface area contributed by atoms with Crippen LogP contribution in [0.25, 0.3) is 0 Å². The number of halogens is 2. The highest BCUT2D eigenvalue weighted by Gasteiger charge is 2.25. The topological polar surface area (TPSA) is 40.5 Å². The van der Waals surface area contributed by atoms with Crippen molar-refractivity contribution >= 4 is 29.2 Å². The van der Waals surface area contributed by atoms with Crippen LogP contribution in [0.2, 0.25) is 10.0 Å². The Kier molecular flexibility index (Phi) is 4.49. The van der Waals surface area contributed by atoms with Crippen LogP contribution in [0.4, 0.5) is 0 Å². The molecule has 0 aliphatic carbocycles. The first-order valence-corrected chi connectivity index (χ1v) is 6.71. The van der Waals surface area contributed by atoms with Crippen molar-refractivity contribution in [3.05, 3.63) is 33.8 Å². The molecule has 1 N–H and O–H groups in total. The van der Waals surface area contributed by atoms with Crippen molar-refractivity contribution in [3.8, 4) is 0 Å². The summed E-state index contributed by atoms with van der Waals surface area (Å²) in [5, 5.41) is 10.2. The first-order chi connectivity index (χ1) is 8.58. The Morgan fingerprint density at radius 1 is 1.44 bits per heavy atom. The smallest absolute Gasteiger partial charge is 0.307 e. The number of likely N-dealkylation sites (tertiary alicyclic amines) is 1. The summed E-state index contributed by atoms with van der Waals surface area (Å²) in [5.41, 5.74) is 0.954. The fourth-order valence-corrected chi connectivity index (χ4v) is 2.69. The fraction of sp³-hybridized carbons (Fsp3) is 0.462. The van der Waals surface area contributed by atoms with Gasteiger partial charge in [-0.2, -0.15) is 0 Å². The van der Waals surface area contributed by atoms with Crippen LogP contribution in [0.3, 0.4) is 0 Å². The maximum absolute atomic E-state index is 11.0. The molecular weight excluding hydrogens is 273 g/mol. The van der Waals surface area contributed by atoms with E-state index in [9.17, 15) is 4.79 Å². The lowest BCUT2D eigenvalue weighted by molar-refractivity contribution is -0.143. The summed E-state index contributed by atoms with van der Waals surface area (Å²) in [4.78, 5) is 13.1. The number of benzene rings is 1. The Hall–Kier alpha value is -0.770. The SMILES string of the molecule is O=C(O)[C@@H]1CCCN(Cc2cccc(Cl)c2Cl)C1. The summed E-state index contributed by atoms with van der Waals surface area (Å²) in [6, 6.07) is 5.55. The minimum Gasteiger partial charge on any atom is -0.481 e. The van der Waals surface area contributed by atoms with E-state index in [1.54, 1.807) is 6.07 Å². The van der Waals surface area contributed by atoms with Gasteiger partial charge in [0, 0.05) is 13.1 Å². The second kappa shape index (κ2) is 5.91. The van der Waals surface area contributed by atoms with Gasteiger partial charge < -0.3 is 5.11 Å². The highest BCUT2D eigenvalue weighted by atomic mass is 35.5. The van der Waals surface area contributed by atoms with E-state index in [0.717, 1.165) is 24.9 Å². The van der Waals surface area contributed by atoms with Gasteiger partial charge in [0.05, 0.1) is 16.0 Å². The highest BCUT2D eigenvalue weighted by Crippen LogP contribution is 2.27. The minimum atomic E-state index is -0.711. The quantitative estimate of drug-likeness (QED) is 0.927. The van der Waals surface area contributed by atoms with Gasteiger partial charge >= 0.3 is 5.97 Å². The van der Waals surface area contributed by atoms with Crippen molar-refractivity contribution in [2.75, 3.05) is 13.1 Å². The molecule has 0 bridgehead atoms. The van der Waals surface area contributed by atoms with Gasteiger partial charge in [-0.25, -0.2) is 0 Å². The van der Waals surface area contributed by atoms with Crippen LogP contribution in [-0.2, 0) is 11.3 Å². The molecule has 0 spiro atoms. The molecule has 0 unspecified atom stereocenters. The molecule has 0 radical (unpaired) electrons. The van der Waals surface area contributed by atoms with Crippen LogP contribution in [0.1, 0.15) is 18.4 Å². The highest BCUT2D eigenvalue weighted by molar-refractivity contribution is 6.42. The third-order valence-corrected chi connectivity index (χ3v) is 4.14. The number of carbonyl (C=O) groups is 1. The van der Waals surface area contributed by atoms with Crippen molar-refractivity contribution < 1.29 is 9.90 Å². The number of piperidine rings is 1. The molecule has 98 valence electrons. The van der Waals surface area contributed by atoms with Crippen LogP contribution in [0.5, 0.6) is 0 Å². The molecule has 1 aliphatic heterocycles. The van der Waals surface area contributed by atoms with Crippen molar-refractivity contribution in [3.63, 3.8) is 0 Å². The van der Waals surface area contributed by atoms with Crippen molar-refractivity contribution in [2.45, 2.75) is 19.4 Å². The van der Waals surface area contributed by atoms with E-state index < -0.39 is 5.97 Å². The summed E-state index contributed by atoms with van der Waals surface area (Å²) in [6.45, 7) is 2.15. The standard InChI is InChI=1S/C13H15Cl2NO2/c14-11-5-1-3-9(12(11)15)7-16-6-2-4-10(8-16)13(17)18/h1,3,5,10H,2,4,6-8H2,(H,17,18)/t10-/m1/s1. The van der Waals surface area contributed by atoms with Gasteiger partial charge in [-0.05, 0) is 31.0 Å². The Morgan fingerprint density at radius 2 is 2.22 bits per heavy atom. The maximum Gasteiger partial charge on any atom is 0.307 e. The van der Waals surface area contributed by atoms with Gasteiger partial charge in [-0.3, -0.25) is 9.69 Å². The van der Waals surface area contributed by atoms with Crippen LogP contribution in [-0.4, -0.2) is 29.1 Å². The van der Waals surface area contributed by atoms with Gasteiger partial charge in [0.1, 0.15) is 0 Å². The zero-order valence-corrected chi connectivity index (χ0v) is 11.4. The second-order valence-electron chi connectivity index (χ2n) is 4.63. The number of aliphatic carboxylic acids is 1. The molecule has 1 heterocycles. The van der Waals surface area contributed by atoms with Gasteiger partial charge in [0.25, 0.3) is 0 Å². The van der Waals surface area contributed by atoms with Gasteiger partial charge in [-0.1, -0.05) is 35.3 Å². The van der Waals surface area contributed by atoms with Crippen LogP contribution in [0.15, 0.2) is 18.2 Å². The second-order valence-corrected chi connectivity index (χ2v) is 5.41. The monoisotopic (exact) mass is 287 g/mol. The minimum absolute atomic E-state index is 0.267. The molecule has 1 aromatic rings. The van der Waals surface area contributed by atoms with Gasteiger partial charge in [0.15, 0.2) is 0 Å². The zero-order chi connectivity index (χ0) is 13.1. The average Bonchev–Trinajstić information content (AvgIpc) is 2.35. The van der Waals surface area contributed by atoms with E-state index in [1.807, 2.05) is 12.1 Å². The Bertz CT molecular complexity index is 451. The predicted molar refractivity (Wildman–Crippen MR) is 72.1 cm³/mol. The molecule has 2 rings (SSSR count). The summed E-state index contributed by atoms with van der Waals surface area (Å²) in [7, 11) is 0. The first-order valence-electron chi connectivity index (χ1n) is 5.96. The van der Waals surface area contributed by atoms with E-state index in [0.29, 0.717) is 23.1 Å². The average molecular weight is 288 g/mol. The molecule has 0 amide bonds. The molecule has 1 aliphatic rings. The molecule has 1 atom stereocenters. The number of hydrogen-bond acceptors (Lipinski definition) is 2. The van der Waals surface area contributed by atoms with Gasteiger partial charge in [0.2, 0.25) is 0 Å². The number of carboxylic acid groups (broad SMARTS) is 1. The summed E-state index contributed by atoms with van der Waals surface area (Å²) in [6.07, 6.45) is 1.67. The molecule has 5 heteroatoms. The number of hydrogen-bond donors (Lipinski definition) is 1. The van der Waals surface area contributed by atoms with Crippen molar-refractivity contribution in [1.82, 2.24) is 4.90 Å². The van der Waals surface area contributed by atoms with Crippen LogP contribution in [0, 0.1) is 5.92 Å². The molecule has 3 nitrogen and oxygen atoms in total. The fourth-order valence-electron chi connectivity index (χ4n) is 2.31. The van der Waals surface area contributed by atoms with Crippen molar-refractivity contribution in [2.24, 2.45) is 5.92 Å². The lowest BCUT2D eigenvalue weighted by atomic mass is 9.98. The largest absolute Gasteiger partial charge is 0.481 e. The molecule has 1 saturated heterocycles. The Labute approximate surface area is 116 Å². The first kappa shape index (κ1) is 13.7. The Morgan fingerprint density at radius 3 is 2.94 bits per heavy atom. The molecular formula is C13H15Cl2NO2. The third-order valence-electron chi connectivity index (χ3n) is 3.28. The van der Waals surface area contributed by atoms with E-state index in [2.05, 4.69) is 4.90 Å². The summed E-state index contributed by atoms with van der Waals surface area (Å²) < 4.78 is 0. The van der Waals surface area contributed by atoms with E-state index in [4.69, 9.17) is 28.3 Å². The van der Waals surface area contributed by atoms with Gasteiger partial charge in [-0.15, -0.1) is 0 Å². The predicted octanol–water partition coefficient (Wildman–Crippen LogP) is 3.29. The van der Waals surface area contributed by atoms with Crippen LogP contribution < -0.4 is 0 Å². The van der Waals surface area contributed by atoms with Crippen LogP contribution >= 0.6 is 23.2 Å². The molecule has 1 aromatic carbocycles. The van der Waals surface area contributed by atoms with E-state index in [-0.39, 0.29) is 5.92 Å². The lowest BCUT2D eigenvalue weighted by Gasteiger charge is -2.30. The Balaban J connectivity index is 2.05. The lowest BCUT2D eigenvalue weighted by Crippen LogP contribution is -2.38. The van der Waals surface area contributed by atoms with E-state index in [1.165, 1.54) is 0 Å². The number of nitrogens with zero attached hydrogens (tertiary/aromatic N) is 1. The normalized spacial score (nSPS) is 20.9. The maximum atomic E-state index is 11.0. The summed E-state index contributed by atoms with van der Waals surface area (Å²) >= 11 is 12.1. The molecule has 0 saturated carbocycles. The third kappa shape index (κ3) is 3.16. The molecule has 18 heavy (non-hydrogen) atoms. The molecule has 0 aromatic heterocycles. The van der Waals surface area contributed by atoms with Crippen molar-refractivity contribution in [1.29, 1.82) is 0 Å². The number of carboxylic acids is 1.